The van der Waals surface area contributed by atoms with E-state index in [0.29, 0.717) is 6.54 Å². The Labute approximate surface area is 148 Å². The molecule has 3 rings (SSSR count). The number of imidazole rings is 1. The fraction of sp³-hybridized carbons (Fsp3) is 0.550. The highest BCUT2D eigenvalue weighted by Crippen LogP contribution is 2.29. The Morgan fingerprint density at radius 2 is 2.28 bits per heavy atom. The molecule has 0 radical (unpaired) electrons. The van der Waals surface area contributed by atoms with Crippen LogP contribution in [0.25, 0.3) is 11.0 Å². The van der Waals surface area contributed by atoms with E-state index in [2.05, 4.69) is 36.3 Å². The summed E-state index contributed by atoms with van der Waals surface area (Å²) in [5.41, 5.74) is 2.36. The van der Waals surface area contributed by atoms with E-state index >= 15 is 0 Å². The van der Waals surface area contributed by atoms with Crippen molar-refractivity contribution in [3.63, 3.8) is 0 Å². The number of aliphatic hydroxyl groups excluding tert-OH is 1. The minimum Gasteiger partial charge on any atom is -0.387 e. The van der Waals surface area contributed by atoms with Crippen molar-refractivity contribution in [1.29, 1.82) is 0 Å². The Kier molecular flexibility index (Phi) is 5.76. The molecule has 1 aromatic heterocycles. The third-order valence-electron chi connectivity index (χ3n) is 5.06. The number of allylic oxidation sites excluding steroid dienone is 1. The number of hydrogen-bond donors (Lipinski definition) is 3. The molecule has 0 bridgehead atoms. The fourth-order valence-corrected chi connectivity index (χ4v) is 3.72. The molecule has 5 heteroatoms. The molecular formula is C20H29N3O2. The van der Waals surface area contributed by atoms with Crippen LogP contribution in [0.5, 0.6) is 0 Å². The van der Waals surface area contributed by atoms with Crippen LogP contribution in [-0.4, -0.2) is 26.7 Å². The van der Waals surface area contributed by atoms with Crippen molar-refractivity contribution in [1.82, 2.24) is 14.9 Å². The number of unbranched alkanes of at least 4 members (excludes halogenated alkanes) is 3. The van der Waals surface area contributed by atoms with Crippen LogP contribution in [0.2, 0.25) is 0 Å². The van der Waals surface area contributed by atoms with E-state index in [1.54, 1.807) is 4.57 Å². The van der Waals surface area contributed by atoms with Crippen molar-refractivity contribution in [2.24, 2.45) is 0 Å². The van der Waals surface area contributed by atoms with E-state index in [-0.39, 0.29) is 17.8 Å². The number of benzene rings is 1. The number of aromatic amines is 1. The average molecular weight is 343 g/mol. The number of para-hydroxylation sites is 1. The van der Waals surface area contributed by atoms with Gasteiger partial charge in [0.25, 0.3) is 0 Å². The van der Waals surface area contributed by atoms with Gasteiger partial charge in [-0.05, 0) is 32.3 Å². The number of rotatable bonds is 7. The van der Waals surface area contributed by atoms with E-state index in [0.717, 1.165) is 29.4 Å². The minimum absolute atomic E-state index is 0.0693. The SMILES string of the molecule is CCCCCC=CC(C)NC1CCn2c(=O)[nH]c3cccc(c32)C1O. The maximum absolute atomic E-state index is 12.2. The zero-order chi connectivity index (χ0) is 17.8. The molecule has 1 aliphatic rings. The standard InChI is InChI=1S/C20H29N3O2/c1-3-4-5-6-7-9-14(2)21-17-12-13-23-18-15(19(17)24)10-8-11-16(18)22-20(23)25/h7-11,14,17,19,21,24H,3-6,12-13H2,1-2H3,(H,22,25). The number of nitrogens with one attached hydrogen (secondary N) is 2. The summed E-state index contributed by atoms with van der Waals surface area (Å²) in [4.78, 5) is 15.0. The molecule has 0 fully saturated rings. The van der Waals surface area contributed by atoms with Crippen molar-refractivity contribution in [2.75, 3.05) is 0 Å². The Hall–Kier alpha value is -1.85. The van der Waals surface area contributed by atoms with Crippen LogP contribution in [-0.2, 0) is 6.54 Å². The van der Waals surface area contributed by atoms with Crippen LogP contribution >= 0.6 is 0 Å². The van der Waals surface area contributed by atoms with Crippen LogP contribution in [0.1, 0.15) is 57.6 Å². The van der Waals surface area contributed by atoms with Gasteiger partial charge in [0.05, 0.1) is 17.1 Å². The Bertz CT molecular complexity index is 790. The number of hydrogen-bond acceptors (Lipinski definition) is 3. The van der Waals surface area contributed by atoms with Crippen LogP contribution in [0.15, 0.2) is 35.1 Å². The molecule has 3 atom stereocenters. The van der Waals surface area contributed by atoms with E-state index < -0.39 is 6.10 Å². The highest BCUT2D eigenvalue weighted by molar-refractivity contribution is 5.79. The molecule has 0 amide bonds. The first kappa shape index (κ1) is 18.0. The summed E-state index contributed by atoms with van der Waals surface area (Å²) in [5, 5.41) is 14.4. The fourth-order valence-electron chi connectivity index (χ4n) is 3.72. The van der Waals surface area contributed by atoms with E-state index in [1.807, 2.05) is 18.2 Å². The predicted octanol–water partition coefficient (Wildman–Crippen LogP) is 3.25. The second-order valence-electron chi connectivity index (χ2n) is 7.04. The van der Waals surface area contributed by atoms with Crippen LogP contribution in [0.4, 0.5) is 0 Å². The summed E-state index contributed by atoms with van der Waals surface area (Å²) in [6.45, 7) is 4.93. The second kappa shape index (κ2) is 8.02. The first-order valence-electron chi connectivity index (χ1n) is 9.44. The van der Waals surface area contributed by atoms with Crippen molar-refractivity contribution >= 4 is 11.0 Å². The molecule has 2 aromatic rings. The highest BCUT2D eigenvalue weighted by Gasteiger charge is 2.28. The van der Waals surface area contributed by atoms with E-state index in [9.17, 15) is 9.90 Å². The maximum Gasteiger partial charge on any atom is 0.326 e. The van der Waals surface area contributed by atoms with Crippen molar-refractivity contribution in [3.05, 3.63) is 46.4 Å². The Morgan fingerprint density at radius 3 is 3.08 bits per heavy atom. The quantitative estimate of drug-likeness (QED) is 0.534. The summed E-state index contributed by atoms with van der Waals surface area (Å²) >= 11 is 0. The summed E-state index contributed by atoms with van der Waals surface area (Å²) in [7, 11) is 0. The average Bonchev–Trinajstić information content (AvgIpc) is 2.85. The zero-order valence-corrected chi connectivity index (χ0v) is 15.2. The number of aromatic nitrogens is 2. The molecule has 0 saturated heterocycles. The van der Waals surface area contributed by atoms with Crippen LogP contribution in [0.3, 0.4) is 0 Å². The van der Waals surface area contributed by atoms with Crippen LogP contribution < -0.4 is 11.0 Å². The Balaban J connectivity index is 1.72. The molecule has 3 N–H and O–H groups in total. The van der Waals surface area contributed by atoms with E-state index in [4.69, 9.17) is 0 Å². The maximum atomic E-state index is 12.2. The molecule has 0 aliphatic carbocycles. The lowest BCUT2D eigenvalue weighted by Crippen LogP contribution is -2.40. The molecule has 1 aliphatic heterocycles. The summed E-state index contributed by atoms with van der Waals surface area (Å²) in [6.07, 6.45) is 9.34. The minimum atomic E-state index is -0.622. The van der Waals surface area contributed by atoms with Gasteiger partial charge in [-0.2, -0.15) is 0 Å². The summed E-state index contributed by atoms with van der Waals surface area (Å²) < 4.78 is 1.75. The topological polar surface area (TPSA) is 70.0 Å². The van der Waals surface area contributed by atoms with Gasteiger partial charge in [-0.1, -0.05) is 44.1 Å². The molecule has 1 aromatic carbocycles. The largest absolute Gasteiger partial charge is 0.387 e. The predicted molar refractivity (Wildman–Crippen MR) is 102 cm³/mol. The van der Waals surface area contributed by atoms with Gasteiger partial charge in [-0.15, -0.1) is 0 Å². The first-order chi connectivity index (χ1) is 12.1. The summed E-state index contributed by atoms with van der Waals surface area (Å²) in [6, 6.07) is 5.82. The molecule has 3 unspecified atom stereocenters. The third-order valence-corrected chi connectivity index (χ3v) is 5.06. The molecule has 25 heavy (non-hydrogen) atoms. The molecule has 2 heterocycles. The Morgan fingerprint density at radius 1 is 1.44 bits per heavy atom. The third kappa shape index (κ3) is 3.88. The zero-order valence-electron chi connectivity index (χ0n) is 15.2. The smallest absolute Gasteiger partial charge is 0.326 e. The highest BCUT2D eigenvalue weighted by atomic mass is 16.3. The van der Waals surface area contributed by atoms with Crippen molar-refractivity contribution < 1.29 is 5.11 Å². The lowest BCUT2D eigenvalue weighted by atomic mass is 9.99. The molecule has 0 saturated carbocycles. The van der Waals surface area contributed by atoms with Gasteiger partial charge in [-0.25, -0.2) is 4.79 Å². The van der Waals surface area contributed by atoms with Gasteiger partial charge in [0.15, 0.2) is 0 Å². The van der Waals surface area contributed by atoms with Gasteiger partial charge in [-0.3, -0.25) is 4.57 Å². The molecule has 136 valence electrons. The molecule has 5 nitrogen and oxygen atoms in total. The number of nitrogens with zero attached hydrogens (tertiary/aromatic N) is 1. The van der Waals surface area contributed by atoms with Crippen molar-refractivity contribution in [2.45, 2.75) is 70.7 Å². The van der Waals surface area contributed by atoms with Gasteiger partial charge in [0.2, 0.25) is 0 Å². The van der Waals surface area contributed by atoms with Gasteiger partial charge in [0.1, 0.15) is 0 Å². The summed E-state index contributed by atoms with van der Waals surface area (Å²) in [5.74, 6) is 0. The van der Waals surface area contributed by atoms with Gasteiger partial charge in [0, 0.05) is 24.2 Å². The van der Waals surface area contributed by atoms with Gasteiger partial charge < -0.3 is 15.4 Å². The number of aliphatic hydroxyl groups is 1. The first-order valence-corrected chi connectivity index (χ1v) is 9.44. The number of H-pyrrole nitrogens is 1. The monoisotopic (exact) mass is 343 g/mol. The van der Waals surface area contributed by atoms with Gasteiger partial charge >= 0.3 is 5.69 Å². The lowest BCUT2D eigenvalue weighted by molar-refractivity contribution is 0.122. The van der Waals surface area contributed by atoms with E-state index in [1.165, 1.54) is 19.3 Å². The molecule has 0 spiro atoms. The van der Waals surface area contributed by atoms with Crippen LogP contribution in [0, 0.1) is 0 Å². The molecular weight excluding hydrogens is 314 g/mol. The normalized spacial score (nSPS) is 21.7. The number of aryl methyl sites for hydroxylation is 1. The van der Waals surface area contributed by atoms with Crippen molar-refractivity contribution in [3.8, 4) is 0 Å². The second-order valence-corrected chi connectivity index (χ2v) is 7.04. The lowest BCUT2D eigenvalue weighted by Gasteiger charge is -2.25.